The Morgan fingerprint density at radius 2 is 2.00 bits per heavy atom. The molecule has 2 N–H and O–H groups in total. The molecule has 1 aliphatic rings. The summed E-state index contributed by atoms with van der Waals surface area (Å²) in [5.41, 5.74) is 7.44. The SMILES string of the molecule is CCC1CCCCCN1S(=O)(=O)Cc1cccc(CN)c1. The second kappa shape index (κ2) is 7.38. The summed E-state index contributed by atoms with van der Waals surface area (Å²) in [7, 11) is -3.25. The van der Waals surface area contributed by atoms with Crippen molar-refractivity contribution in [3.63, 3.8) is 0 Å². The number of benzene rings is 1. The fourth-order valence-electron chi connectivity index (χ4n) is 3.06. The highest BCUT2D eigenvalue weighted by Gasteiger charge is 2.30. The third kappa shape index (κ3) is 4.28. The molecule has 118 valence electrons. The van der Waals surface area contributed by atoms with E-state index in [2.05, 4.69) is 6.92 Å². The molecule has 21 heavy (non-hydrogen) atoms. The summed E-state index contributed by atoms with van der Waals surface area (Å²) in [4.78, 5) is 0. The van der Waals surface area contributed by atoms with Crippen molar-refractivity contribution in [2.24, 2.45) is 5.73 Å². The van der Waals surface area contributed by atoms with Crippen molar-refractivity contribution >= 4 is 10.0 Å². The highest BCUT2D eigenvalue weighted by atomic mass is 32.2. The first-order valence-corrected chi connectivity index (χ1v) is 9.45. The second-order valence-electron chi connectivity index (χ2n) is 5.80. The maximum atomic E-state index is 12.8. The standard InChI is InChI=1S/C16H26N2O2S/c1-2-16-9-4-3-5-10-18(16)21(19,20)13-15-8-6-7-14(11-15)12-17/h6-8,11,16H,2-5,9-10,12-13,17H2,1H3. The average molecular weight is 310 g/mol. The van der Waals surface area contributed by atoms with Gasteiger partial charge in [0.25, 0.3) is 0 Å². The highest BCUT2D eigenvalue weighted by Crippen LogP contribution is 2.24. The van der Waals surface area contributed by atoms with Gasteiger partial charge in [-0.05, 0) is 30.4 Å². The van der Waals surface area contributed by atoms with E-state index in [1.54, 1.807) is 4.31 Å². The van der Waals surface area contributed by atoms with Gasteiger partial charge in [-0.3, -0.25) is 0 Å². The van der Waals surface area contributed by atoms with Crippen LogP contribution in [0.2, 0.25) is 0 Å². The van der Waals surface area contributed by atoms with Gasteiger partial charge < -0.3 is 5.73 Å². The summed E-state index contributed by atoms with van der Waals surface area (Å²) in [6.45, 7) is 3.18. The lowest BCUT2D eigenvalue weighted by atomic mass is 10.1. The van der Waals surface area contributed by atoms with Crippen LogP contribution in [0.1, 0.15) is 50.2 Å². The zero-order valence-corrected chi connectivity index (χ0v) is 13.6. The maximum Gasteiger partial charge on any atom is 0.218 e. The largest absolute Gasteiger partial charge is 0.326 e. The summed E-state index contributed by atoms with van der Waals surface area (Å²) in [6.07, 6.45) is 5.11. The quantitative estimate of drug-likeness (QED) is 0.909. The third-order valence-corrected chi connectivity index (χ3v) is 6.12. The van der Waals surface area contributed by atoms with E-state index in [9.17, 15) is 8.42 Å². The monoisotopic (exact) mass is 310 g/mol. The first kappa shape index (κ1) is 16.5. The van der Waals surface area contributed by atoms with Gasteiger partial charge >= 0.3 is 0 Å². The molecule has 0 spiro atoms. The van der Waals surface area contributed by atoms with Crippen LogP contribution in [0.5, 0.6) is 0 Å². The van der Waals surface area contributed by atoms with Crippen molar-refractivity contribution in [1.29, 1.82) is 0 Å². The molecule has 0 aliphatic carbocycles. The van der Waals surface area contributed by atoms with Crippen molar-refractivity contribution in [3.05, 3.63) is 35.4 Å². The molecule has 1 aromatic carbocycles. The number of nitrogens with two attached hydrogens (primary N) is 1. The molecule has 1 fully saturated rings. The van der Waals surface area contributed by atoms with Crippen molar-refractivity contribution in [2.75, 3.05) is 6.54 Å². The van der Waals surface area contributed by atoms with Crippen LogP contribution in [0.25, 0.3) is 0 Å². The first-order chi connectivity index (χ1) is 10.1. The van der Waals surface area contributed by atoms with Crippen LogP contribution in [0, 0.1) is 0 Å². The molecule has 0 amide bonds. The molecule has 2 rings (SSSR count). The molecule has 1 aromatic rings. The molecule has 1 aliphatic heterocycles. The molecular weight excluding hydrogens is 284 g/mol. The van der Waals surface area contributed by atoms with Crippen LogP contribution >= 0.6 is 0 Å². The fourth-order valence-corrected chi connectivity index (χ4v) is 4.95. The van der Waals surface area contributed by atoms with Crippen LogP contribution in [-0.4, -0.2) is 25.3 Å². The van der Waals surface area contributed by atoms with Gasteiger partial charge in [-0.2, -0.15) is 4.31 Å². The molecule has 0 bridgehead atoms. The molecule has 0 saturated carbocycles. The first-order valence-electron chi connectivity index (χ1n) is 7.84. The fraction of sp³-hybridized carbons (Fsp3) is 0.625. The van der Waals surface area contributed by atoms with Gasteiger partial charge in [-0.1, -0.05) is 44.0 Å². The van der Waals surface area contributed by atoms with E-state index in [0.29, 0.717) is 13.1 Å². The number of sulfonamides is 1. The van der Waals surface area contributed by atoms with Gasteiger partial charge in [0.05, 0.1) is 5.75 Å². The summed E-state index contributed by atoms with van der Waals surface area (Å²) in [5.74, 6) is 0.0807. The minimum absolute atomic E-state index is 0.0807. The molecular formula is C16H26N2O2S. The summed E-state index contributed by atoms with van der Waals surface area (Å²) in [6, 6.07) is 7.74. The van der Waals surface area contributed by atoms with E-state index in [1.165, 1.54) is 0 Å². The van der Waals surface area contributed by atoms with Crippen molar-refractivity contribution < 1.29 is 8.42 Å². The average Bonchev–Trinajstić information content (AvgIpc) is 2.72. The predicted octanol–water partition coefficient (Wildman–Crippen LogP) is 2.63. The van der Waals surface area contributed by atoms with Crippen LogP contribution < -0.4 is 5.73 Å². The molecule has 1 saturated heterocycles. The van der Waals surface area contributed by atoms with E-state index in [-0.39, 0.29) is 11.8 Å². The summed E-state index contributed by atoms with van der Waals surface area (Å²) >= 11 is 0. The Morgan fingerprint density at radius 3 is 2.71 bits per heavy atom. The minimum Gasteiger partial charge on any atom is -0.326 e. The Labute approximate surface area is 128 Å². The lowest BCUT2D eigenvalue weighted by Gasteiger charge is -2.28. The normalized spacial score (nSPS) is 21.1. The Balaban J connectivity index is 2.19. The Kier molecular flexibility index (Phi) is 5.79. The molecule has 1 heterocycles. The lowest BCUT2D eigenvalue weighted by Crippen LogP contribution is -2.40. The molecule has 1 unspecified atom stereocenters. The maximum absolute atomic E-state index is 12.8. The zero-order valence-electron chi connectivity index (χ0n) is 12.8. The van der Waals surface area contributed by atoms with E-state index in [1.807, 2.05) is 24.3 Å². The van der Waals surface area contributed by atoms with E-state index in [0.717, 1.165) is 43.2 Å². The van der Waals surface area contributed by atoms with Crippen molar-refractivity contribution in [2.45, 2.75) is 57.4 Å². The van der Waals surface area contributed by atoms with E-state index in [4.69, 9.17) is 5.73 Å². The van der Waals surface area contributed by atoms with Gasteiger partial charge in [0.1, 0.15) is 0 Å². The third-order valence-electron chi connectivity index (χ3n) is 4.23. The Hall–Kier alpha value is -0.910. The molecule has 5 heteroatoms. The second-order valence-corrected chi connectivity index (χ2v) is 7.72. The zero-order chi connectivity index (χ0) is 15.3. The topological polar surface area (TPSA) is 63.4 Å². The number of nitrogens with zero attached hydrogens (tertiary/aromatic N) is 1. The predicted molar refractivity (Wildman–Crippen MR) is 86.2 cm³/mol. The van der Waals surface area contributed by atoms with Gasteiger partial charge in [-0.25, -0.2) is 8.42 Å². The number of rotatable bonds is 5. The van der Waals surface area contributed by atoms with Gasteiger partial charge in [0.2, 0.25) is 10.0 Å². The van der Waals surface area contributed by atoms with Gasteiger partial charge in [-0.15, -0.1) is 0 Å². The van der Waals surface area contributed by atoms with Crippen molar-refractivity contribution in [1.82, 2.24) is 4.31 Å². The van der Waals surface area contributed by atoms with Crippen LogP contribution in [0.15, 0.2) is 24.3 Å². The van der Waals surface area contributed by atoms with E-state index >= 15 is 0 Å². The number of hydrogen-bond donors (Lipinski definition) is 1. The van der Waals surface area contributed by atoms with Crippen molar-refractivity contribution in [3.8, 4) is 0 Å². The molecule has 0 radical (unpaired) electrons. The molecule has 1 atom stereocenters. The smallest absolute Gasteiger partial charge is 0.218 e. The van der Waals surface area contributed by atoms with E-state index < -0.39 is 10.0 Å². The van der Waals surface area contributed by atoms with Crippen LogP contribution in [-0.2, 0) is 22.3 Å². The highest BCUT2D eigenvalue weighted by molar-refractivity contribution is 7.88. The number of hydrogen-bond acceptors (Lipinski definition) is 3. The summed E-state index contributed by atoms with van der Waals surface area (Å²) in [5, 5.41) is 0. The molecule has 0 aromatic heterocycles. The van der Waals surface area contributed by atoms with Crippen LogP contribution in [0.3, 0.4) is 0 Å². The Bertz CT molecular complexity index is 557. The molecule has 4 nitrogen and oxygen atoms in total. The minimum atomic E-state index is -3.25. The van der Waals surface area contributed by atoms with Gasteiger partial charge in [0, 0.05) is 19.1 Å². The van der Waals surface area contributed by atoms with Crippen LogP contribution in [0.4, 0.5) is 0 Å². The summed E-state index contributed by atoms with van der Waals surface area (Å²) < 4.78 is 27.3. The Morgan fingerprint density at radius 1 is 1.24 bits per heavy atom. The lowest BCUT2D eigenvalue weighted by molar-refractivity contribution is 0.314. The van der Waals surface area contributed by atoms with Gasteiger partial charge in [0.15, 0.2) is 0 Å².